The van der Waals surface area contributed by atoms with Crippen LogP contribution in [0.4, 0.5) is 0 Å². The quantitative estimate of drug-likeness (QED) is 0.590. The van der Waals surface area contributed by atoms with Crippen molar-refractivity contribution in [2.75, 3.05) is 20.2 Å². The highest BCUT2D eigenvalue weighted by Crippen LogP contribution is 2.32. The molecular formula is C22H22N2O4S. The van der Waals surface area contributed by atoms with E-state index in [0.717, 1.165) is 28.8 Å². The van der Waals surface area contributed by atoms with E-state index in [1.165, 1.54) is 18.3 Å². The van der Waals surface area contributed by atoms with Gasteiger partial charge in [-0.2, -0.15) is 0 Å². The summed E-state index contributed by atoms with van der Waals surface area (Å²) in [5.41, 5.74) is 2.09. The Morgan fingerprint density at radius 1 is 1.07 bits per heavy atom. The first-order valence-corrected chi connectivity index (χ1v) is 10.4. The fourth-order valence-corrected chi connectivity index (χ4v) is 4.27. The van der Waals surface area contributed by atoms with Gasteiger partial charge in [-0.25, -0.2) is 4.98 Å². The van der Waals surface area contributed by atoms with Crippen LogP contribution in [-0.4, -0.2) is 47.9 Å². The number of ketones is 1. The zero-order valence-electron chi connectivity index (χ0n) is 16.4. The number of fused-ring (bicyclic) bond motifs is 1. The van der Waals surface area contributed by atoms with E-state index in [9.17, 15) is 9.59 Å². The molecule has 1 saturated heterocycles. The van der Waals surface area contributed by atoms with Crippen LogP contribution < -0.4 is 9.47 Å². The zero-order chi connectivity index (χ0) is 20.4. The van der Waals surface area contributed by atoms with Crippen LogP contribution in [0, 0.1) is 0 Å². The van der Waals surface area contributed by atoms with Crippen molar-refractivity contribution in [3.63, 3.8) is 0 Å². The summed E-state index contributed by atoms with van der Waals surface area (Å²) >= 11 is 1.52. The van der Waals surface area contributed by atoms with Gasteiger partial charge in [-0.3, -0.25) is 9.59 Å². The molecule has 2 aromatic carbocycles. The highest BCUT2D eigenvalue weighted by atomic mass is 32.1. The number of rotatable bonds is 5. The Morgan fingerprint density at radius 3 is 2.41 bits per heavy atom. The number of aromatic nitrogens is 1. The number of likely N-dealkylation sites (tertiary alicyclic amines) is 1. The van der Waals surface area contributed by atoms with Gasteiger partial charge < -0.3 is 14.4 Å². The summed E-state index contributed by atoms with van der Waals surface area (Å²) in [6.45, 7) is 2.79. The molecule has 0 spiro atoms. The van der Waals surface area contributed by atoms with Gasteiger partial charge in [0, 0.05) is 43.1 Å². The topological polar surface area (TPSA) is 68.7 Å². The maximum Gasteiger partial charge on any atom is 0.274 e. The number of ether oxygens (including phenoxy) is 2. The molecule has 29 heavy (non-hydrogen) atoms. The van der Waals surface area contributed by atoms with Gasteiger partial charge in [0.05, 0.1) is 17.3 Å². The number of nitrogens with zero attached hydrogens (tertiary/aromatic N) is 2. The van der Waals surface area contributed by atoms with Crippen LogP contribution in [0.5, 0.6) is 10.9 Å². The van der Waals surface area contributed by atoms with E-state index in [0.29, 0.717) is 29.4 Å². The molecule has 0 saturated carbocycles. The van der Waals surface area contributed by atoms with Crippen LogP contribution in [-0.2, 0) is 0 Å². The summed E-state index contributed by atoms with van der Waals surface area (Å²) in [5, 5.41) is 0.651. The Hall–Kier alpha value is -2.93. The highest BCUT2D eigenvalue weighted by molar-refractivity contribution is 7.20. The molecule has 1 amide bonds. The third-order valence-electron chi connectivity index (χ3n) is 5.11. The lowest BCUT2D eigenvalue weighted by atomic mass is 10.0. The highest BCUT2D eigenvalue weighted by Gasteiger charge is 2.25. The van der Waals surface area contributed by atoms with Gasteiger partial charge in [-0.15, -0.1) is 0 Å². The van der Waals surface area contributed by atoms with Crippen molar-refractivity contribution in [3.05, 3.63) is 53.6 Å². The van der Waals surface area contributed by atoms with Gasteiger partial charge in [0.25, 0.3) is 11.1 Å². The molecule has 3 aromatic rings. The second-order valence-electron chi connectivity index (χ2n) is 7.06. The van der Waals surface area contributed by atoms with Crippen molar-refractivity contribution in [1.82, 2.24) is 9.88 Å². The average Bonchev–Trinajstić information content (AvgIpc) is 3.15. The first kappa shape index (κ1) is 19.4. The molecule has 4 rings (SSSR count). The Morgan fingerprint density at radius 2 is 1.76 bits per heavy atom. The van der Waals surface area contributed by atoms with E-state index < -0.39 is 0 Å². The average molecular weight is 410 g/mol. The van der Waals surface area contributed by atoms with Crippen molar-refractivity contribution >= 4 is 33.2 Å². The third-order valence-corrected chi connectivity index (χ3v) is 6.04. The second-order valence-corrected chi connectivity index (χ2v) is 8.05. The molecule has 0 unspecified atom stereocenters. The van der Waals surface area contributed by atoms with E-state index in [1.54, 1.807) is 31.4 Å². The van der Waals surface area contributed by atoms with Gasteiger partial charge in [0.15, 0.2) is 5.78 Å². The number of hydrogen-bond acceptors (Lipinski definition) is 6. The zero-order valence-corrected chi connectivity index (χ0v) is 17.2. The Bertz CT molecular complexity index is 1040. The number of piperidine rings is 1. The minimum Gasteiger partial charge on any atom is -0.497 e. The third kappa shape index (κ3) is 4.24. The van der Waals surface area contributed by atoms with E-state index in [2.05, 4.69) is 4.98 Å². The van der Waals surface area contributed by atoms with E-state index >= 15 is 0 Å². The molecule has 150 valence electrons. The number of carbonyl (C=O) groups excluding carboxylic acids is 2. The van der Waals surface area contributed by atoms with Crippen LogP contribution in [0.3, 0.4) is 0 Å². The molecule has 0 bridgehead atoms. The molecule has 0 N–H and O–H groups in total. The number of benzene rings is 2. The number of Topliss-reactive ketones (excluding diaryl/α,β-unsaturated/α-hetero) is 1. The molecule has 1 aliphatic heterocycles. The van der Waals surface area contributed by atoms with Gasteiger partial charge >= 0.3 is 0 Å². The minimum atomic E-state index is -0.00867. The van der Waals surface area contributed by atoms with Crippen LogP contribution in [0.15, 0.2) is 42.5 Å². The predicted octanol–water partition coefficient (Wildman–Crippen LogP) is 4.19. The number of hydrogen-bond donors (Lipinski definition) is 0. The lowest BCUT2D eigenvalue weighted by molar-refractivity contribution is 0.0595. The summed E-state index contributed by atoms with van der Waals surface area (Å²) in [6.07, 6.45) is 1.56. The van der Waals surface area contributed by atoms with Crippen LogP contribution in [0.25, 0.3) is 10.2 Å². The van der Waals surface area contributed by atoms with Gasteiger partial charge in [0.1, 0.15) is 11.9 Å². The van der Waals surface area contributed by atoms with Crippen molar-refractivity contribution in [3.8, 4) is 10.9 Å². The maximum atomic E-state index is 12.7. The number of carbonyl (C=O) groups is 2. The molecule has 2 heterocycles. The molecule has 1 aliphatic rings. The van der Waals surface area contributed by atoms with E-state index in [4.69, 9.17) is 9.47 Å². The molecule has 7 heteroatoms. The normalized spacial score (nSPS) is 14.8. The standard InChI is InChI=1S/C22H22N2O4S/c1-14(25)15-3-5-16(6-4-15)21(26)24-11-9-17(10-12-24)28-22-23-19-13-18(27-2)7-8-20(19)29-22/h3-8,13,17H,9-12H2,1-2H3. The molecule has 0 atom stereocenters. The molecule has 0 radical (unpaired) electrons. The van der Waals surface area contributed by atoms with Crippen molar-refractivity contribution in [1.29, 1.82) is 0 Å². The number of amides is 1. The largest absolute Gasteiger partial charge is 0.497 e. The molecular weight excluding hydrogens is 388 g/mol. The van der Waals surface area contributed by atoms with Crippen LogP contribution >= 0.6 is 11.3 Å². The van der Waals surface area contributed by atoms with E-state index in [-0.39, 0.29) is 17.8 Å². The molecule has 0 aliphatic carbocycles. The summed E-state index contributed by atoms with van der Waals surface area (Å²) < 4.78 is 12.4. The number of thiazole rings is 1. The Balaban J connectivity index is 1.35. The SMILES string of the molecule is COc1ccc2sc(OC3CCN(C(=O)c4ccc(C(C)=O)cc4)CC3)nc2c1. The summed E-state index contributed by atoms with van der Waals surface area (Å²) in [7, 11) is 1.64. The number of methoxy groups -OCH3 is 1. The molecule has 1 aromatic heterocycles. The lowest BCUT2D eigenvalue weighted by Gasteiger charge is -2.31. The van der Waals surface area contributed by atoms with E-state index in [1.807, 2.05) is 23.1 Å². The first-order valence-electron chi connectivity index (χ1n) is 9.55. The van der Waals surface area contributed by atoms with Crippen molar-refractivity contribution in [2.24, 2.45) is 0 Å². The van der Waals surface area contributed by atoms with Crippen molar-refractivity contribution in [2.45, 2.75) is 25.9 Å². The van der Waals surface area contributed by atoms with Gasteiger partial charge in [-0.05, 0) is 31.2 Å². The Kier molecular flexibility index (Phi) is 5.49. The fourth-order valence-electron chi connectivity index (χ4n) is 3.41. The monoisotopic (exact) mass is 410 g/mol. The second kappa shape index (κ2) is 8.21. The molecule has 6 nitrogen and oxygen atoms in total. The summed E-state index contributed by atoms with van der Waals surface area (Å²) in [5.74, 6) is 0.762. The fraction of sp³-hybridized carbons (Fsp3) is 0.318. The smallest absolute Gasteiger partial charge is 0.274 e. The summed E-state index contributed by atoms with van der Waals surface area (Å²) in [4.78, 5) is 30.5. The van der Waals surface area contributed by atoms with Crippen LogP contribution in [0.2, 0.25) is 0 Å². The maximum absolute atomic E-state index is 12.7. The van der Waals surface area contributed by atoms with Crippen LogP contribution in [0.1, 0.15) is 40.5 Å². The van der Waals surface area contributed by atoms with Gasteiger partial charge in [0.2, 0.25) is 0 Å². The minimum absolute atomic E-state index is 0.00439. The summed E-state index contributed by atoms with van der Waals surface area (Å²) in [6, 6.07) is 12.6. The first-order chi connectivity index (χ1) is 14.0. The predicted molar refractivity (Wildman–Crippen MR) is 112 cm³/mol. The Labute approximate surface area is 173 Å². The molecule has 1 fully saturated rings. The van der Waals surface area contributed by atoms with Gasteiger partial charge in [-0.1, -0.05) is 23.5 Å². The van der Waals surface area contributed by atoms with Crippen molar-refractivity contribution < 1.29 is 19.1 Å². The lowest BCUT2D eigenvalue weighted by Crippen LogP contribution is -2.41.